The number of amides is 1. The Morgan fingerprint density at radius 2 is 2.00 bits per heavy atom. The van der Waals surface area contributed by atoms with Crippen LogP contribution in [0.1, 0.15) is 18.1 Å². The lowest BCUT2D eigenvalue weighted by molar-refractivity contribution is -0.113. The van der Waals surface area contributed by atoms with Gasteiger partial charge in [-0.05, 0) is 44.5 Å². The molecule has 146 valence electrons. The maximum Gasteiger partial charge on any atom is 0.234 e. The number of nitrogens with zero attached hydrogens (tertiary/aromatic N) is 3. The molecule has 6 nitrogen and oxygen atoms in total. The van der Waals surface area contributed by atoms with Crippen LogP contribution in [0, 0.1) is 13.8 Å². The summed E-state index contributed by atoms with van der Waals surface area (Å²) in [6, 6.07) is 13.7. The lowest BCUT2D eigenvalue weighted by Crippen LogP contribution is -2.15. The van der Waals surface area contributed by atoms with E-state index in [0.717, 1.165) is 33.5 Å². The molecule has 0 unspecified atom stereocenters. The first-order valence-corrected chi connectivity index (χ1v) is 10.1. The molecule has 1 N–H and O–H groups in total. The molecule has 0 saturated carbocycles. The van der Waals surface area contributed by atoms with E-state index >= 15 is 0 Å². The second kappa shape index (κ2) is 8.93. The fraction of sp³-hybridized carbons (Fsp3) is 0.286. The average molecular weight is 397 g/mol. The first kappa shape index (κ1) is 19.9. The van der Waals surface area contributed by atoms with Crippen LogP contribution in [0.15, 0.2) is 47.6 Å². The number of anilines is 1. The third-order valence-corrected chi connectivity index (χ3v) is 5.32. The number of nitrogens with one attached hydrogen (secondary N) is 1. The van der Waals surface area contributed by atoms with Gasteiger partial charge in [-0.3, -0.25) is 4.79 Å². The van der Waals surface area contributed by atoms with Crippen LogP contribution in [0.4, 0.5) is 5.69 Å². The number of carbonyl (C=O) groups excluding carboxylic acids is 1. The predicted molar refractivity (Wildman–Crippen MR) is 113 cm³/mol. The van der Waals surface area contributed by atoms with Gasteiger partial charge in [0.1, 0.15) is 5.75 Å². The van der Waals surface area contributed by atoms with E-state index in [1.54, 1.807) is 7.11 Å². The fourth-order valence-corrected chi connectivity index (χ4v) is 3.73. The summed E-state index contributed by atoms with van der Waals surface area (Å²) in [6.07, 6.45) is 0. The largest absolute Gasteiger partial charge is 0.497 e. The Bertz CT molecular complexity index is 984. The predicted octanol–water partition coefficient (Wildman–Crippen LogP) is 4.32. The molecule has 1 aromatic heterocycles. The van der Waals surface area contributed by atoms with Crippen LogP contribution in [-0.2, 0) is 11.3 Å². The van der Waals surface area contributed by atoms with Gasteiger partial charge in [-0.15, -0.1) is 10.2 Å². The van der Waals surface area contributed by atoms with Crippen LogP contribution in [0.2, 0.25) is 0 Å². The minimum Gasteiger partial charge on any atom is -0.497 e. The molecule has 0 aliphatic rings. The van der Waals surface area contributed by atoms with Crippen molar-refractivity contribution in [3.8, 4) is 17.1 Å². The zero-order valence-electron chi connectivity index (χ0n) is 16.5. The number of rotatable bonds is 7. The molecule has 0 aliphatic carbocycles. The molecule has 0 radical (unpaired) electrons. The quantitative estimate of drug-likeness (QED) is 0.602. The fourth-order valence-electron chi connectivity index (χ4n) is 2.93. The molecular formula is C21H24N4O2S. The molecule has 1 amide bonds. The van der Waals surface area contributed by atoms with Gasteiger partial charge >= 0.3 is 0 Å². The van der Waals surface area contributed by atoms with E-state index in [2.05, 4.69) is 21.6 Å². The topological polar surface area (TPSA) is 69.0 Å². The smallest absolute Gasteiger partial charge is 0.234 e. The molecule has 1 heterocycles. The zero-order valence-corrected chi connectivity index (χ0v) is 17.3. The van der Waals surface area contributed by atoms with Crippen molar-refractivity contribution < 1.29 is 9.53 Å². The Kier molecular flexibility index (Phi) is 6.36. The molecular weight excluding hydrogens is 372 g/mol. The van der Waals surface area contributed by atoms with E-state index < -0.39 is 0 Å². The van der Waals surface area contributed by atoms with Gasteiger partial charge in [0.05, 0.1) is 12.9 Å². The molecule has 0 aliphatic heterocycles. The standard InChI is InChI=1S/C21H24N4O2S/c1-5-25-20(16-7-6-8-17(12-16)27-4)23-24-21(25)28-13-19(26)22-18-10-9-14(2)11-15(18)3/h6-12H,5,13H2,1-4H3,(H,22,26). The van der Waals surface area contributed by atoms with Crippen LogP contribution < -0.4 is 10.1 Å². The summed E-state index contributed by atoms with van der Waals surface area (Å²) in [7, 11) is 1.64. The van der Waals surface area contributed by atoms with Crippen molar-refractivity contribution in [2.45, 2.75) is 32.5 Å². The first-order chi connectivity index (χ1) is 13.5. The molecule has 0 bridgehead atoms. The number of hydrogen-bond donors (Lipinski definition) is 1. The second-order valence-electron chi connectivity index (χ2n) is 6.44. The molecule has 0 saturated heterocycles. The maximum absolute atomic E-state index is 12.4. The minimum absolute atomic E-state index is 0.0643. The molecule has 3 aromatic rings. The van der Waals surface area contributed by atoms with Crippen LogP contribution in [0.5, 0.6) is 5.75 Å². The number of ether oxygens (including phenoxy) is 1. The van der Waals surface area contributed by atoms with Crippen LogP contribution in [-0.4, -0.2) is 33.5 Å². The van der Waals surface area contributed by atoms with Crippen molar-refractivity contribution in [1.82, 2.24) is 14.8 Å². The highest BCUT2D eigenvalue weighted by Crippen LogP contribution is 2.26. The molecule has 0 spiro atoms. The van der Waals surface area contributed by atoms with Crippen molar-refractivity contribution in [3.63, 3.8) is 0 Å². The normalized spacial score (nSPS) is 10.7. The van der Waals surface area contributed by atoms with Crippen molar-refractivity contribution >= 4 is 23.4 Å². The summed E-state index contributed by atoms with van der Waals surface area (Å²) in [5.41, 5.74) is 3.99. The van der Waals surface area contributed by atoms with Gasteiger partial charge in [0, 0.05) is 17.8 Å². The highest BCUT2D eigenvalue weighted by molar-refractivity contribution is 7.99. The highest BCUT2D eigenvalue weighted by atomic mass is 32.2. The van der Waals surface area contributed by atoms with Gasteiger partial charge in [-0.2, -0.15) is 0 Å². The number of carbonyl (C=O) groups is 1. The molecule has 2 aromatic carbocycles. The van der Waals surface area contributed by atoms with Gasteiger partial charge < -0.3 is 14.6 Å². The maximum atomic E-state index is 12.4. The minimum atomic E-state index is -0.0643. The Balaban J connectivity index is 1.70. The van der Waals surface area contributed by atoms with Crippen molar-refractivity contribution in [2.24, 2.45) is 0 Å². The lowest BCUT2D eigenvalue weighted by Gasteiger charge is -2.10. The van der Waals surface area contributed by atoms with E-state index in [9.17, 15) is 4.79 Å². The number of thioether (sulfide) groups is 1. The lowest BCUT2D eigenvalue weighted by atomic mass is 10.1. The number of aryl methyl sites for hydroxylation is 2. The van der Waals surface area contributed by atoms with Gasteiger partial charge in [-0.1, -0.05) is 41.6 Å². The summed E-state index contributed by atoms with van der Waals surface area (Å²) in [4.78, 5) is 12.4. The Morgan fingerprint density at radius 1 is 1.18 bits per heavy atom. The van der Waals surface area contributed by atoms with Crippen LogP contribution >= 0.6 is 11.8 Å². The van der Waals surface area contributed by atoms with Crippen LogP contribution in [0.3, 0.4) is 0 Å². The molecule has 0 fully saturated rings. The Morgan fingerprint density at radius 3 is 2.71 bits per heavy atom. The molecule has 0 atom stereocenters. The Hall–Kier alpha value is -2.80. The first-order valence-electron chi connectivity index (χ1n) is 9.09. The van der Waals surface area contributed by atoms with Crippen molar-refractivity contribution in [3.05, 3.63) is 53.6 Å². The summed E-state index contributed by atoms with van der Waals surface area (Å²) in [5.74, 6) is 1.73. The van der Waals surface area contributed by atoms with Gasteiger partial charge in [0.2, 0.25) is 5.91 Å². The zero-order chi connectivity index (χ0) is 20.1. The monoisotopic (exact) mass is 396 g/mol. The number of methoxy groups -OCH3 is 1. The van der Waals surface area contributed by atoms with E-state index in [1.807, 2.05) is 61.7 Å². The molecule has 7 heteroatoms. The van der Waals surface area contributed by atoms with E-state index in [1.165, 1.54) is 17.3 Å². The van der Waals surface area contributed by atoms with Crippen molar-refractivity contribution in [2.75, 3.05) is 18.2 Å². The van der Waals surface area contributed by atoms with Gasteiger partial charge in [-0.25, -0.2) is 0 Å². The molecule has 28 heavy (non-hydrogen) atoms. The Labute approximate surface area is 169 Å². The summed E-state index contributed by atoms with van der Waals surface area (Å²) in [6.45, 7) is 6.77. The number of aromatic nitrogens is 3. The summed E-state index contributed by atoms with van der Waals surface area (Å²) in [5, 5.41) is 12.3. The average Bonchev–Trinajstić information content (AvgIpc) is 3.11. The number of hydrogen-bond acceptors (Lipinski definition) is 5. The molecule has 3 rings (SSSR count). The van der Waals surface area contributed by atoms with Gasteiger partial charge in [0.15, 0.2) is 11.0 Å². The third kappa shape index (κ3) is 4.54. The third-order valence-electron chi connectivity index (χ3n) is 4.35. The van der Waals surface area contributed by atoms with E-state index in [4.69, 9.17) is 4.74 Å². The van der Waals surface area contributed by atoms with E-state index in [0.29, 0.717) is 6.54 Å². The highest BCUT2D eigenvalue weighted by Gasteiger charge is 2.15. The summed E-state index contributed by atoms with van der Waals surface area (Å²) >= 11 is 1.38. The number of benzene rings is 2. The summed E-state index contributed by atoms with van der Waals surface area (Å²) < 4.78 is 7.30. The van der Waals surface area contributed by atoms with Gasteiger partial charge in [0.25, 0.3) is 0 Å². The second-order valence-corrected chi connectivity index (χ2v) is 7.38. The SMILES string of the molecule is CCn1c(SCC(=O)Nc2ccc(C)cc2C)nnc1-c1cccc(OC)c1. The van der Waals surface area contributed by atoms with Crippen LogP contribution in [0.25, 0.3) is 11.4 Å². The van der Waals surface area contributed by atoms with E-state index in [-0.39, 0.29) is 11.7 Å². The van der Waals surface area contributed by atoms with Crippen molar-refractivity contribution in [1.29, 1.82) is 0 Å².